The van der Waals surface area contributed by atoms with E-state index in [0.717, 1.165) is 25.2 Å². The predicted molar refractivity (Wildman–Crippen MR) is 62.4 cm³/mol. The van der Waals surface area contributed by atoms with E-state index in [1.54, 1.807) is 0 Å². The van der Waals surface area contributed by atoms with Gasteiger partial charge in [0.1, 0.15) is 5.78 Å². The molecule has 0 radical (unpaired) electrons. The van der Waals surface area contributed by atoms with Crippen LogP contribution >= 0.6 is 0 Å². The summed E-state index contributed by atoms with van der Waals surface area (Å²) in [7, 11) is 0. The van der Waals surface area contributed by atoms with E-state index >= 15 is 0 Å². The monoisotopic (exact) mass is 198 g/mol. The van der Waals surface area contributed by atoms with Crippen molar-refractivity contribution in [2.75, 3.05) is 0 Å². The zero-order valence-electron chi connectivity index (χ0n) is 10.3. The lowest BCUT2D eigenvalue weighted by molar-refractivity contribution is -0.119. The minimum Gasteiger partial charge on any atom is -0.300 e. The van der Waals surface area contributed by atoms with Crippen LogP contribution in [0.5, 0.6) is 0 Å². The average Bonchev–Trinajstić information content (AvgIpc) is 2.03. The minimum atomic E-state index is 0.449. The Kier molecular flexibility index (Phi) is 7.83. The van der Waals surface area contributed by atoms with E-state index in [4.69, 9.17) is 0 Å². The summed E-state index contributed by atoms with van der Waals surface area (Å²) in [6.45, 7) is 8.79. The van der Waals surface area contributed by atoms with Crippen molar-refractivity contribution in [3.8, 4) is 0 Å². The third-order valence-corrected chi connectivity index (χ3v) is 2.58. The smallest absolute Gasteiger partial charge is 0.133 e. The van der Waals surface area contributed by atoms with E-state index in [-0.39, 0.29) is 0 Å². The second-order valence-electron chi connectivity index (χ2n) is 4.92. The Hall–Kier alpha value is -0.330. The molecule has 0 bridgehead atoms. The van der Waals surface area contributed by atoms with Gasteiger partial charge in [0, 0.05) is 12.8 Å². The van der Waals surface area contributed by atoms with Crippen molar-refractivity contribution in [1.82, 2.24) is 0 Å². The fraction of sp³-hybridized carbons (Fsp3) is 0.923. The van der Waals surface area contributed by atoms with Gasteiger partial charge in [0.05, 0.1) is 0 Å². The maximum Gasteiger partial charge on any atom is 0.133 e. The third-order valence-electron chi connectivity index (χ3n) is 2.58. The summed E-state index contributed by atoms with van der Waals surface area (Å²) in [5.41, 5.74) is 0. The molecule has 84 valence electrons. The predicted octanol–water partition coefficient (Wildman–Crippen LogP) is 4.21. The SMILES string of the molecule is CCCC(=O)CC(C)CCCC(C)C. The Bertz CT molecular complexity index is 149. The summed E-state index contributed by atoms with van der Waals surface area (Å²) in [6.07, 6.45) is 6.36. The Morgan fingerprint density at radius 2 is 1.79 bits per heavy atom. The lowest BCUT2D eigenvalue weighted by atomic mass is 9.94. The highest BCUT2D eigenvalue weighted by Crippen LogP contribution is 2.16. The van der Waals surface area contributed by atoms with Crippen molar-refractivity contribution < 1.29 is 4.79 Å². The first-order chi connectivity index (χ1) is 6.56. The van der Waals surface area contributed by atoms with E-state index in [1.165, 1.54) is 19.3 Å². The molecule has 1 nitrogen and oxygen atoms in total. The third kappa shape index (κ3) is 8.28. The molecule has 0 saturated heterocycles. The van der Waals surface area contributed by atoms with Crippen molar-refractivity contribution in [3.63, 3.8) is 0 Å². The van der Waals surface area contributed by atoms with E-state index < -0.39 is 0 Å². The molecule has 0 amide bonds. The van der Waals surface area contributed by atoms with E-state index in [1.807, 2.05) is 0 Å². The van der Waals surface area contributed by atoms with E-state index in [0.29, 0.717) is 11.7 Å². The van der Waals surface area contributed by atoms with Crippen molar-refractivity contribution in [2.45, 2.75) is 66.2 Å². The molecule has 0 fully saturated rings. The molecule has 0 saturated carbocycles. The lowest BCUT2D eigenvalue weighted by Crippen LogP contribution is -2.05. The summed E-state index contributed by atoms with van der Waals surface area (Å²) in [4.78, 5) is 11.4. The summed E-state index contributed by atoms with van der Waals surface area (Å²) in [5.74, 6) is 1.84. The van der Waals surface area contributed by atoms with Crippen LogP contribution in [-0.2, 0) is 4.79 Å². The van der Waals surface area contributed by atoms with Gasteiger partial charge in [-0.25, -0.2) is 0 Å². The number of ketones is 1. The highest BCUT2D eigenvalue weighted by Gasteiger charge is 2.08. The summed E-state index contributed by atoms with van der Waals surface area (Å²) in [5, 5.41) is 0. The second kappa shape index (κ2) is 8.02. The molecule has 0 aromatic rings. The average molecular weight is 198 g/mol. The van der Waals surface area contributed by atoms with Gasteiger partial charge in [-0.05, 0) is 18.3 Å². The molecule has 0 N–H and O–H groups in total. The van der Waals surface area contributed by atoms with Crippen LogP contribution in [-0.4, -0.2) is 5.78 Å². The van der Waals surface area contributed by atoms with Gasteiger partial charge in [-0.2, -0.15) is 0 Å². The standard InChI is InChI=1S/C13H26O/c1-5-7-13(14)10-12(4)9-6-8-11(2)3/h11-12H,5-10H2,1-4H3. The van der Waals surface area contributed by atoms with Gasteiger partial charge in [0.25, 0.3) is 0 Å². The van der Waals surface area contributed by atoms with Crippen LogP contribution in [0.2, 0.25) is 0 Å². The Morgan fingerprint density at radius 1 is 1.14 bits per heavy atom. The molecule has 0 aromatic heterocycles. The second-order valence-corrected chi connectivity index (χ2v) is 4.92. The minimum absolute atomic E-state index is 0.449. The van der Waals surface area contributed by atoms with Gasteiger partial charge in [-0.15, -0.1) is 0 Å². The Balaban J connectivity index is 3.44. The van der Waals surface area contributed by atoms with Gasteiger partial charge in [-0.3, -0.25) is 4.79 Å². The first-order valence-corrected chi connectivity index (χ1v) is 6.08. The number of hydrogen-bond donors (Lipinski definition) is 0. The van der Waals surface area contributed by atoms with Crippen molar-refractivity contribution in [2.24, 2.45) is 11.8 Å². The number of carbonyl (C=O) groups is 1. The van der Waals surface area contributed by atoms with E-state index in [2.05, 4.69) is 27.7 Å². The van der Waals surface area contributed by atoms with Crippen LogP contribution in [0.15, 0.2) is 0 Å². The molecule has 1 unspecified atom stereocenters. The number of Topliss-reactive ketones (excluding diaryl/α,β-unsaturated/α-hetero) is 1. The van der Waals surface area contributed by atoms with Crippen LogP contribution in [0, 0.1) is 11.8 Å². The van der Waals surface area contributed by atoms with Gasteiger partial charge in [-0.1, -0.05) is 47.0 Å². The van der Waals surface area contributed by atoms with Gasteiger partial charge in [0.15, 0.2) is 0 Å². The normalized spacial score (nSPS) is 13.2. The molecular formula is C13H26O. The molecule has 0 aromatic carbocycles. The molecule has 14 heavy (non-hydrogen) atoms. The zero-order chi connectivity index (χ0) is 11.0. The topological polar surface area (TPSA) is 17.1 Å². The summed E-state index contributed by atoms with van der Waals surface area (Å²) in [6, 6.07) is 0. The summed E-state index contributed by atoms with van der Waals surface area (Å²) >= 11 is 0. The highest BCUT2D eigenvalue weighted by molar-refractivity contribution is 5.78. The fourth-order valence-electron chi connectivity index (χ4n) is 1.75. The molecule has 1 heteroatoms. The zero-order valence-corrected chi connectivity index (χ0v) is 10.3. The van der Waals surface area contributed by atoms with Crippen LogP contribution < -0.4 is 0 Å². The molecule has 0 spiro atoms. The van der Waals surface area contributed by atoms with Crippen molar-refractivity contribution in [3.05, 3.63) is 0 Å². The fourth-order valence-corrected chi connectivity index (χ4v) is 1.75. The van der Waals surface area contributed by atoms with Crippen molar-refractivity contribution >= 4 is 5.78 Å². The van der Waals surface area contributed by atoms with Crippen LogP contribution in [0.4, 0.5) is 0 Å². The van der Waals surface area contributed by atoms with Crippen LogP contribution in [0.3, 0.4) is 0 Å². The maximum absolute atomic E-state index is 11.4. The number of rotatable bonds is 8. The molecule has 0 rings (SSSR count). The van der Waals surface area contributed by atoms with Gasteiger partial charge in [0.2, 0.25) is 0 Å². The summed E-state index contributed by atoms with van der Waals surface area (Å²) < 4.78 is 0. The first-order valence-electron chi connectivity index (χ1n) is 6.08. The number of carbonyl (C=O) groups excluding carboxylic acids is 1. The Labute approximate surface area is 89.3 Å². The Morgan fingerprint density at radius 3 is 2.29 bits per heavy atom. The molecule has 0 heterocycles. The van der Waals surface area contributed by atoms with Crippen molar-refractivity contribution in [1.29, 1.82) is 0 Å². The molecular weight excluding hydrogens is 172 g/mol. The van der Waals surface area contributed by atoms with E-state index in [9.17, 15) is 4.79 Å². The first kappa shape index (κ1) is 13.7. The number of hydrogen-bond acceptors (Lipinski definition) is 1. The van der Waals surface area contributed by atoms with Crippen LogP contribution in [0.1, 0.15) is 66.2 Å². The quantitative estimate of drug-likeness (QED) is 0.571. The largest absolute Gasteiger partial charge is 0.300 e. The molecule has 0 aliphatic heterocycles. The van der Waals surface area contributed by atoms with Crippen LogP contribution in [0.25, 0.3) is 0 Å². The van der Waals surface area contributed by atoms with Gasteiger partial charge < -0.3 is 0 Å². The maximum atomic E-state index is 11.4. The van der Waals surface area contributed by atoms with Gasteiger partial charge >= 0.3 is 0 Å². The highest BCUT2D eigenvalue weighted by atomic mass is 16.1. The molecule has 0 aliphatic rings. The lowest BCUT2D eigenvalue weighted by Gasteiger charge is -2.11. The molecule has 1 atom stereocenters. The molecule has 0 aliphatic carbocycles.